The van der Waals surface area contributed by atoms with E-state index in [0.717, 1.165) is 26.2 Å². The number of hydrogen-bond donors (Lipinski definition) is 2. The molecule has 0 radical (unpaired) electrons. The van der Waals surface area contributed by atoms with Crippen molar-refractivity contribution in [2.45, 2.75) is 19.4 Å². The van der Waals surface area contributed by atoms with E-state index in [0.29, 0.717) is 11.5 Å². The third kappa shape index (κ3) is 3.13. The molecule has 0 aliphatic carbocycles. The molecular formula is C10H20N4OS. The van der Waals surface area contributed by atoms with Crippen LogP contribution in [0.3, 0.4) is 0 Å². The maximum Gasteiger partial charge on any atom is 0.231 e. The number of hydrogen-bond acceptors (Lipinski definition) is 4. The number of nitrogens with zero attached hydrogens (tertiary/aromatic N) is 2. The Morgan fingerprint density at radius 1 is 1.25 bits per heavy atom. The summed E-state index contributed by atoms with van der Waals surface area (Å²) in [7, 11) is 0. The lowest BCUT2D eigenvalue weighted by atomic mass is 10.0. The van der Waals surface area contributed by atoms with Crippen LogP contribution < -0.4 is 11.5 Å². The van der Waals surface area contributed by atoms with Crippen molar-refractivity contribution in [2.24, 2.45) is 11.5 Å². The van der Waals surface area contributed by atoms with Gasteiger partial charge in [0, 0.05) is 26.2 Å². The van der Waals surface area contributed by atoms with Gasteiger partial charge in [-0.05, 0) is 13.8 Å². The van der Waals surface area contributed by atoms with Gasteiger partial charge >= 0.3 is 0 Å². The standard InChI is InChI=1S/C10H20N4OS/c1-10(2,9(12)16)14-5-3-13(4-6-14)7-8(11)15/h3-7H2,1-2H3,(H2,11,15)(H2,12,16). The summed E-state index contributed by atoms with van der Waals surface area (Å²) in [5, 5.41) is 0. The Labute approximate surface area is 102 Å². The van der Waals surface area contributed by atoms with Crippen LogP contribution >= 0.6 is 12.2 Å². The van der Waals surface area contributed by atoms with Gasteiger partial charge in [-0.3, -0.25) is 14.6 Å². The predicted molar refractivity (Wildman–Crippen MR) is 68.1 cm³/mol. The number of piperazine rings is 1. The summed E-state index contributed by atoms with van der Waals surface area (Å²) in [5.74, 6) is -0.276. The molecule has 16 heavy (non-hydrogen) atoms. The Kier molecular flexibility index (Phi) is 4.23. The summed E-state index contributed by atoms with van der Waals surface area (Å²) < 4.78 is 0. The van der Waals surface area contributed by atoms with Crippen LogP contribution in [-0.2, 0) is 4.79 Å². The molecule has 0 spiro atoms. The molecule has 1 rings (SSSR count). The number of primary amides is 1. The van der Waals surface area contributed by atoms with Crippen molar-refractivity contribution >= 4 is 23.1 Å². The first-order chi connectivity index (χ1) is 7.34. The van der Waals surface area contributed by atoms with Crippen molar-refractivity contribution in [3.63, 3.8) is 0 Å². The molecule has 5 nitrogen and oxygen atoms in total. The molecule has 0 aromatic heterocycles. The van der Waals surface area contributed by atoms with E-state index in [1.807, 2.05) is 13.8 Å². The summed E-state index contributed by atoms with van der Waals surface area (Å²) in [5.41, 5.74) is 10.6. The predicted octanol–water partition coefficient (Wildman–Crippen LogP) is -0.846. The molecule has 0 bridgehead atoms. The summed E-state index contributed by atoms with van der Waals surface area (Å²) in [6, 6.07) is 0. The van der Waals surface area contributed by atoms with Gasteiger partial charge in [0.05, 0.1) is 17.1 Å². The zero-order valence-electron chi connectivity index (χ0n) is 9.90. The molecule has 1 heterocycles. The second-order valence-electron chi connectivity index (χ2n) is 4.65. The van der Waals surface area contributed by atoms with Crippen molar-refractivity contribution in [2.75, 3.05) is 32.7 Å². The van der Waals surface area contributed by atoms with Crippen LogP contribution in [0.2, 0.25) is 0 Å². The highest BCUT2D eigenvalue weighted by molar-refractivity contribution is 7.80. The molecule has 1 aliphatic rings. The number of thiocarbonyl (C=S) groups is 1. The minimum absolute atomic E-state index is 0.256. The fourth-order valence-electron chi connectivity index (χ4n) is 1.84. The maximum atomic E-state index is 10.8. The first-order valence-electron chi connectivity index (χ1n) is 5.39. The second-order valence-corrected chi connectivity index (χ2v) is 5.09. The first kappa shape index (κ1) is 13.3. The molecule has 1 amide bonds. The van der Waals surface area contributed by atoms with E-state index >= 15 is 0 Å². The van der Waals surface area contributed by atoms with E-state index < -0.39 is 0 Å². The highest BCUT2D eigenvalue weighted by atomic mass is 32.1. The fraction of sp³-hybridized carbons (Fsp3) is 0.800. The van der Waals surface area contributed by atoms with Crippen LogP contribution in [0.5, 0.6) is 0 Å². The van der Waals surface area contributed by atoms with Crippen LogP contribution in [0, 0.1) is 0 Å². The molecule has 0 aromatic carbocycles. The Hall–Kier alpha value is -0.720. The van der Waals surface area contributed by atoms with Gasteiger partial charge in [0.2, 0.25) is 5.91 Å². The van der Waals surface area contributed by atoms with Crippen LogP contribution in [0.1, 0.15) is 13.8 Å². The van der Waals surface area contributed by atoms with Gasteiger partial charge in [0.15, 0.2) is 0 Å². The normalized spacial score (nSPS) is 19.6. The van der Waals surface area contributed by atoms with Gasteiger partial charge < -0.3 is 11.5 Å². The topological polar surface area (TPSA) is 75.6 Å². The van der Waals surface area contributed by atoms with E-state index in [-0.39, 0.29) is 11.4 Å². The van der Waals surface area contributed by atoms with Crippen molar-refractivity contribution in [3.05, 3.63) is 0 Å². The van der Waals surface area contributed by atoms with Gasteiger partial charge in [-0.1, -0.05) is 12.2 Å². The van der Waals surface area contributed by atoms with E-state index in [9.17, 15) is 4.79 Å². The third-order valence-corrected chi connectivity index (χ3v) is 3.64. The van der Waals surface area contributed by atoms with E-state index in [1.54, 1.807) is 0 Å². The Bertz CT molecular complexity index is 285. The molecule has 1 fully saturated rings. The third-order valence-electron chi connectivity index (χ3n) is 3.15. The van der Waals surface area contributed by atoms with Crippen LogP contribution in [-0.4, -0.2) is 59.0 Å². The zero-order valence-corrected chi connectivity index (χ0v) is 10.7. The minimum atomic E-state index is -0.276. The Morgan fingerprint density at radius 2 is 1.75 bits per heavy atom. The average molecular weight is 244 g/mol. The molecule has 92 valence electrons. The first-order valence-corrected chi connectivity index (χ1v) is 5.80. The summed E-state index contributed by atoms with van der Waals surface area (Å²) in [6.07, 6.45) is 0. The van der Waals surface area contributed by atoms with Gasteiger partial charge in [-0.2, -0.15) is 0 Å². The highest BCUT2D eigenvalue weighted by Crippen LogP contribution is 2.17. The summed E-state index contributed by atoms with van der Waals surface area (Å²) in [6.45, 7) is 7.76. The summed E-state index contributed by atoms with van der Waals surface area (Å²) in [4.78, 5) is 15.6. The van der Waals surface area contributed by atoms with Gasteiger partial charge in [-0.15, -0.1) is 0 Å². The Morgan fingerprint density at radius 3 is 2.12 bits per heavy atom. The largest absolute Gasteiger partial charge is 0.392 e. The quantitative estimate of drug-likeness (QED) is 0.630. The average Bonchev–Trinajstić information content (AvgIpc) is 2.17. The molecule has 6 heteroatoms. The number of carbonyl (C=O) groups excluding carboxylic acids is 1. The van der Waals surface area contributed by atoms with Crippen molar-refractivity contribution in [1.29, 1.82) is 0 Å². The summed E-state index contributed by atoms with van der Waals surface area (Å²) >= 11 is 5.06. The van der Waals surface area contributed by atoms with Crippen LogP contribution in [0.4, 0.5) is 0 Å². The van der Waals surface area contributed by atoms with Gasteiger partial charge in [0.25, 0.3) is 0 Å². The van der Waals surface area contributed by atoms with Crippen molar-refractivity contribution in [1.82, 2.24) is 9.80 Å². The number of nitrogens with two attached hydrogens (primary N) is 2. The van der Waals surface area contributed by atoms with Crippen molar-refractivity contribution < 1.29 is 4.79 Å². The van der Waals surface area contributed by atoms with Crippen LogP contribution in [0.25, 0.3) is 0 Å². The fourth-order valence-corrected chi connectivity index (χ4v) is 1.97. The molecule has 1 aliphatic heterocycles. The maximum absolute atomic E-state index is 10.8. The van der Waals surface area contributed by atoms with E-state index in [1.165, 1.54) is 0 Å². The molecule has 0 aromatic rings. The van der Waals surface area contributed by atoms with Crippen LogP contribution in [0.15, 0.2) is 0 Å². The highest BCUT2D eigenvalue weighted by Gasteiger charge is 2.32. The molecule has 0 unspecified atom stereocenters. The second kappa shape index (κ2) is 5.07. The van der Waals surface area contributed by atoms with E-state index in [4.69, 9.17) is 23.7 Å². The van der Waals surface area contributed by atoms with Gasteiger partial charge in [0.1, 0.15) is 0 Å². The van der Waals surface area contributed by atoms with Crippen molar-refractivity contribution in [3.8, 4) is 0 Å². The molecule has 0 saturated carbocycles. The zero-order chi connectivity index (χ0) is 12.3. The number of amides is 1. The molecule has 1 saturated heterocycles. The number of carbonyl (C=O) groups is 1. The molecular weight excluding hydrogens is 224 g/mol. The Balaban J connectivity index is 2.49. The lowest BCUT2D eigenvalue weighted by Gasteiger charge is -2.43. The monoisotopic (exact) mass is 244 g/mol. The smallest absolute Gasteiger partial charge is 0.231 e. The van der Waals surface area contributed by atoms with Gasteiger partial charge in [-0.25, -0.2) is 0 Å². The SMILES string of the molecule is CC(C)(C(N)=S)N1CCN(CC(N)=O)CC1. The molecule has 4 N–H and O–H groups in total. The lowest BCUT2D eigenvalue weighted by Crippen LogP contribution is -2.59. The van der Waals surface area contributed by atoms with E-state index in [2.05, 4.69) is 9.80 Å². The minimum Gasteiger partial charge on any atom is -0.392 e. The molecule has 0 atom stereocenters. The number of rotatable bonds is 4. The lowest BCUT2D eigenvalue weighted by molar-refractivity contribution is -0.119.